The molecule has 0 saturated carbocycles. The van der Waals surface area contributed by atoms with Crippen molar-refractivity contribution in [1.29, 1.82) is 0 Å². The molecule has 1 aliphatic heterocycles. The molecule has 2 aromatic rings. The minimum absolute atomic E-state index is 0.517. The van der Waals surface area contributed by atoms with E-state index in [4.69, 9.17) is 11.6 Å². The van der Waals surface area contributed by atoms with Crippen molar-refractivity contribution in [3.63, 3.8) is 0 Å². The van der Waals surface area contributed by atoms with Gasteiger partial charge in [-0.2, -0.15) is 0 Å². The van der Waals surface area contributed by atoms with Gasteiger partial charge in [0.05, 0.1) is 19.6 Å². The number of benzene rings is 2. The van der Waals surface area contributed by atoms with Gasteiger partial charge < -0.3 is 4.90 Å². The molecule has 4 heteroatoms. The van der Waals surface area contributed by atoms with Gasteiger partial charge >= 0.3 is 0 Å². The largest absolute Gasteiger partial charge is 0.335 e. The van der Waals surface area contributed by atoms with Crippen molar-refractivity contribution >= 4 is 35.1 Å². The lowest BCUT2D eigenvalue weighted by atomic mass is 10.0. The molecule has 1 nitrogen and oxygen atoms in total. The predicted octanol–water partition coefficient (Wildman–Crippen LogP) is 4.75. The number of fused-ring (bicyclic) bond motifs is 2. The summed E-state index contributed by atoms with van der Waals surface area (Å²) in [5.41, 5.74) is 2.87. The number of thioether (sulfide) groups is 1. The number of hydrogen-bond acceptors (Lipinski definition) is 2. The Labute approximate surface area is 159 Å². The first-order chi connectivity index (χ1) is 11.7. The third-order valence-corrected chi connectivity index (χ3v) is 7.40. The van der Waals surface area contributed by atoms with Crippen LogP contribution in [0.25, 0.3) is 0 Å². The van der Waals surface area contributed by atoms with Crippen LogP contribution in [0.1, 0.15) is 30.2 Å². The fourth-order valence-electron chi connectivity index (χ4n) is 3.17. The molecule has 0 spiro atoms. The molecular formula is C20H25ClNS2+. The van der Waals surface area contributed by atoms with E-state index in [2.05, 4.69) is 62.0 Å². The summed E-state index contributed by atoms with van der Waals surface area (Å²) in [4.78, 5) is 4.43. The summed E-state index contributed by atoms with van der Waals surface area (Å²) in [6.07, 6.45) is 1.07. The molecular weight excluding hydrogens is 354 g/mol. The van der Waals surface area contributed by atoms with Gasteiger partial charge in [-0.05, 0) is 55.7 Å². The van der Waals surface area contributed by atoms with Crippen LogP contribution in [0.4, 0.5) is 0 Å². The van der Waals surface area contributed by atoms with Gasteiger partial charge in [-0.25, -0.2) is 0 Å². The molecule has 0 radical (unpaired) electrons. The summed E-state index contributed by atoms with van der Waals surface area (Å²) in [5.74, 6) is 1.20. The Morgan fingerprint density at radius 1 is 1.12 bits per heavy atom. The highest BCUT2D eigenvalue weighted by molar-refractivity contribution is 8.00. The Kier molecular flexibility index (Phi) is 6.56. The molecule has 0 fully saturated rings. The molecule has 1 atom stereocenters. The van der Waals surface area contributed by atoms with Crippen LogP contribution in [0.15, 0.2) is 52.3 Å². The van der Waals surface area contributed by atoms with Crippen molar-refractivity contribution < 1.29 is 4.90 Å². The molecule has 0 bridgehead atoms. The SMILES string of the molecule is CC[NH+](CC)CCS[C@@H]1Cc2cc(Cl)ccc2Sc2ccccc21. The number of rotatable bonds is 6. The summed E-state index contributed by atoms with van der Waals surface area (Å²) < 4.78 is 0. The summed E-state index contributed by atoms with van der Waals surface area (Å²) in [6, 6.07) is 15.2. The fourth-order valence-corrected chi connectivity index (χ4v) is 5.94. The first-order valence-electron chi connectivity index (χ1n) is 8.71. The second-order valence-corrected chi connectivity index (χ2v) is 8.99. The minimum atomic E-state index is 0.517. The highest BCUT2D eigenvalue weighted by Gasteiger charge is 2.23. The minimum Gasteiger partial charge on any atom is -0.335 e. The predicted molar refractivity (Wildman–Crippen MR) is 108 cm³/mol. The lowest BCUT2D eigenvalue weighted by Crippen LogP contribution is -3.11. The molecule has 1 aliphatic rings. The van der Waals surface area contributed by atoms with E-state index in [1.54, 1.807) is 4.90 Å². The average molecular weight is 379 g/mol. The maximum atomic E-state index is 6.25. The Morgan fingerprint density at radius 3 is 2.71 bits per heavy atom. The van der Waals surface area contributed by atoms with Crippen LogP contribution in [-0.4, -0.2) is 25.4 Å². The number of hydrogen-bond donors (Lipinski definition) is 1. The van der Waals surface area contributed by atoms with Gasteiger partial charge in [0, 0.05) is 25.8 Å². The number of halogens is 1. The Morgan fingerprint density at radius 2 is 1.92 bits per heavy atom. The van der Waals surface area contributed by atoms with Crippen molar-refractivity contribution in [2.75, 3.05) is 25.4 Å². The summed E-state index contributed by atoms with van der Waals surface area (Å²) in [6.45, 7) is 8.23. The van der Waals surface area contributed by atoms with Gasteiger partial charge in [0.25, 0.3) is 0 Å². The zero-order chi connectivity index (χ0) is 16.9. The molecule has 0 saturated heterocycles. The molecule has 0 aliphatic carbocycles. The number of quaternary nitrogens is 1. The molecule has 0 amide bonds. The van der Waals surface area contributed by atoms with Gasteiger partial charge in [0.2, 0.25) is 0 Å². The Bertz CT molecular complexity index is 685. The van der Waals surface area contributed by atoms with E-state index in [1.807, 2.05) is 17.8 Å². The van der Waals surface area contributed by atoms with Crippen molar-refractivity contribution in [3.05, 3.63) is 58.6 Å². The first-order valence-corrected chi connectivity index (χ1v) is 11.0. The third-order valence-electron chi connectivity index (χ3n) is 4.69. The van der Waals surface area contributed by atoms with Crippen molar-refractivity contribution in [2.45, 2.75) is 35.3 Å². The van der Waals surface area contributed by atoms with Gasteiger partial charge in [-0.3, -0.25) is 0 Å². The second-order valence-electron chi connectivity index (χ2n) is 6.16. The van der Waals surface area contributed by atoms with E-state index in [1.165, 1.54) is 46.3 Å². The van der Waals surface area contributed by atoms with Crippen molar-refractivity contribution in [2.24, 2.45) is 0 Å². The lowest BCUT2D eigenvalue weighted by Gasteiger charge is -2.20. The van der Waals surface area contributed by atoms with Gasteiger partial charge in [-0.15, -0.1) is 11.8 Å². The van der Waals surface area contributed by atoms with Crippen LogP contribution in [0.2, 0.25) is 5.02 Å². The van der Waals surface area contributed by atoms with Crippen molar-refractivity contribution in [3.8, 4) is 0 Å². The van der Waals surface area contributed by atoms with Crippen LogP contribution < -0.4 is 4.90 Å². The molecule has 3 rings (SSSR count). The normalized spacial score (nSPS) is 16.6. The average Bonchev–Trinajstić information content (AvgIpc) is 2.75. The quantitative estimate of drug-likeness (QED) is 0.773. The van der Waals surface area contributed by atoms with Gasteiger partial charge in [0.15, 0.2) is 0 Å². The van der Waals surface area contributed by atoms with E-state index in [0.717, 1.165) is 11.4 Å². The van der Waals surface area contributed by atoms with Crippen molar-refractivity contribution in [1.82, 2.24) is 0 Å². The van der Waals surface area contributed by atoms with E-state index < -0.39 is 0 Å². The molecule has 0 aromatic heterocycles. The summed E-state index contributed by atoms with van der Waals surface area (Å²) in [7, 11) is 0. The smallest absolute Gasteiger partial charge is 0.0863 e. The Hall–Kier alpha value is -0.610. The molecule has 24 heavy (non-hydrogen) atoms. The zero-order valence-electron chi connectivity index (χ0n) is 14.3. The van der Waals surface area contributed by atoms with Gasteiger partial charge in [-0.1, -0.05) is 41.6 Å². The monoisotopic (exact) mass is 378 g/mol. The lowest BCUT2D eigenvalue weighted by molar-refractivity contribution is -0.893. The van der Waals surface area contributed by atoms with E-state index in [9.17, 15) is 0 Å². The highest BCUT2D eigenvalue weighted by Crippen LogP contribution is 2.45. The van der Waals surface area contributed by atoms with Gasteiger partial charge in [0.1, 0.15) is 0 Å². The van der Waals surface area contributed by atoms with Crippen LogP contribution in [0.3, 0.4) is 0 Å². The maximum Gasteiger partial charge on any atom is 0.0863 e. The maximum absolute atomic E-state index is 6.25. The second kappa shape index (κ2) is 8.66. The zero-order valence-corrected chi connectivity index (χ0v) is 16.7. The highest BCUT2D eigenvalue weighted by atomic mass is 35.5. The van der Waals surface area contributed by atoms with E-state index in [-0.39, 0.29) is 0 Å². The first kappa shape index (κ1) is 18.2. The summed E-state index contributed by atoms with van der Waals surface area (Å²) >= 11 is 10.2. The molecule has 128 valence electrons. The van der Waals surface area contributed by atoms with Crippen LogP contribution in [0.5, 0.6) is 0 Å². The molecule has 2 aromatic carbocycles. The van der Waals surface area contributed by atoms with Crippen LogP contribution >= 0.6 is 35.1 Å². The van der Waals surface area contributed by atoms with E-state index in [0.29, 0.717) is 5.25 Å². The topological polar surface area (TPSA) is 4.44 Å². The summed E-state index contributed by atoms with van der Waals surface area (Å²) in [5, 5.41) is 1.36. The number of nitrogens with one attached hydrogen (secondary N) is 1. The standard InChI is InChI=1S/C20H24ClNS2/c1-3-22(4-2)11-12-23-20-14-15-13-16(21)9-10-18(15)24-19-8-6-5-7-17(19)20/h5-10,13,20H,3-4,11-12,14H2,1-2H3/p+1/t20-/m1/s1. The fraction of sp³-hybridized carbons (Fsp3) is 0.400. The Balaban J connectivity index is 1.81. The molecule has 0 unspecified atom stereocenters. The van der Waals surface area contributed by atoms with Crippen LogP contribution in [0, 0.1) is 0 Å². The van der Waals surface area contributed by atoms with E-state index >= 15 is 0 Å². The van der Waals surface area contributed by atoms with Crippen LogP contribution in [-0.2, 0) is 6.42 Å². The molecule has 1 heterocycles. The third kappa shape index (κ3) is 4.32. The molecule has 1 N–H and O–H groups in total.